The van der Waals surface area contributed by atoms with E-state index in [4.69, 9.17) is 21.1 Å². The van der Waals surface area contributed by atoms with Crippen LogP contribution in [0.2, 0.25) is 5.02 Å². The number of nitrogens with one attached hydrogen (secondary N) is 1. The molecular weight excluding hydrogens is 422 g/mol. The molecule has 0 bridgehead atoms. The van der Waals surface area contributed by atoms with Gasteiger partial charge in [-0.3, -0.25) is 0 Å². The van der Waals surface area contributed by atoms with Gasteiger partial charge in [0, 0.05) is 39.9 Å². The molecule has 1 fully saturated rings. The highest BCUT2D eigenvalue weighted by Gasteiger charge is 2.28. The summed E-state index contributed by atoms with van der Waals surface area (Å²) in [6.45, 7) is 0.565. The van der Waals surface area contributed by atoms with Crippen LogP contribution in [0, 0.1) is 0 Å². The van der Waals surface area contributed by atoms with E-state index in [2.05, 4.69) is 39.8 Å². The smallest absolute Gasteiger partial charge is 0.156 e. The van der Waals surface area contributed by atoms with E-state index in [1.165, 1.54) is 12.8 Å². The quantitative estimate of drug-likeness (QED) is 0.354. The minimum atomic E-state index is 0.496. The molecular formula is C26H24ClN3O2. The number of hydrogen-bond acceptors (Lipinski definition) is 5. The molecule has 1 heterocycles. The lowest BCUT2D eigenvalue weighted by Crippen LogP contribution is -2.06. The van der Waals surface area contributed by atoms with Crippen molar-refractivity contribution in [1.29, 1.82) is 0 Å². The van der Waals surface area contributed by atoms with Gasteiger partial charge in [0.25, 0.3) is 0 Å². The van der Waals surface area contributed by atoms with Crippen molar-refractivity contribution in [1.82, 2.24) is 10.2 Å². The summed E-state index contributed by atoms with van der Waals surface area (Å²) in [5.74, 6) is 2.79. The van der Waals surface area contributed by atoms with Crippen LogP contribution < -0.4 is 14.8 Å². The van der Waals surface area contributed by atoms with Gasteiger partial charge < -0.3 is 14.8 Å². The Labute approximate surface area is 192 Å². The third kappa shape index (κ3) is 4.08. The van der Waals surface area contributed by atoms with Crippen LogP contribution in [0.15, 0.2) is 60.7 Å². The van der Waals surface area contributed by atoms with Gasteiger partial charge in [0.15, 0.2) is 5.82 Å². The zero-order valence-electron chi connectivity index (χ0n) is 18.1. The number of halogens is 1. The Morgan fingerprint density at radius 3 is 2.50 bits per heavy atom. The number of benzene rings is 3. The summed E-state index contributed by atoms with van der Waals surface area (Å²) in [5.41, 5.74) is 4.31. The van der Waals surface area contributed by atoms with Crippen LogP contribution in [0.5, 0.6) is 11.5 Å². The number of ether oxygens (including phenoxy) is 2. The van der Waals surface area contributed by atoms with Gasteiger partial charge in [0.1, 0.15) is 11.5 Å². The average molecular weight is 446 g/mol. The number of anilines is 1. The normalized spacial score (nSPS) is 13.2. The number of fused-ring (bicyclic) bond motifs is 1. The minimum absolute atomic E-state index is 0.496. The molecule has 1 aliphatic rings. The first-order valence-corrected chi connectivity index (χ1v) is 11.0. The highest BCUT2D eigenvalue weighted by molar-refractivity contribution is 6.30. The van der Waals surface area contributed by atoms with Gasteiger partial charge in [-0.05, 0) is 60.4 Å². The zero-order valence-corrected chi connectivity index (χ0v) is 18.8. The fraction of sp³-hybridized carbons (Fsp3) is 0.231. The van der Waals surface area contributed by atoms with E-state index in [1.807, 2.05) is 36.4 Å². The Hall–Kier alpha value is -3.31. The minimum Gasteiger partial charge on any atom is -0.497 e. The topological polar surface area (TPSA) is 56.3 Å². The van der Waals surface area contributed by atoms with Gasteiger partial charge >= 0.3 is 0 Å². The monoisotopic (exact) mass is 445 g/mol. The van der Waals surface area contributed by atoms with Gasteiger partial charge in [-0.15, -0.1) is 5.10 Å². The van der Waals surface area contributed by atoms with Crippen LogP contribution >= 0.6 is 11.6 Å². The highest BCUT2D eigenvalue weighted by atomic mass is 35.5. The van der Waals surface area contributed by atoms with E-state index in [-0.39, 0.29) is 0 Å². The molecule has 0 unspecified atom stereocenters. The zero-order chi connectivity index (χ0) is 22.1. The van der Waals surface area contributed by atoms with E-state index in [9.17, 15) is 0 Å². The van der Waals surface area contributed by atoms with Gasteiger partial charge in [-0.25, -0.2) is 0 Å². The summed E-state index contributed by atoms with van der Waals surface area (Å²) in [6, 6.07) is 20.2. The van der Waals surface area contributed by atoms with Crippen molar-refractivity contribution in [2.45, 2.75) is 25.3 Å². The lowest BCUT2D eigenvalue weighted by Gasteiger charge is -2.14. The van der Waals surface area contributed by atoms with Crippen molar-refractivity contribution in [3.05, 3.63) is 76.9 Å². The van der Waals surface area contributed by atoms with Crippen molar-refractivity contribution in [3.63, 3.8) is 0 Å². The number of rotatable bonds is 7. The molecule has 3 aromatic carbocycles. The maximum atomic E-state index is 6.22. The predicted molar refractivity (Wildman–Crippen MR) is 129 cm³/mol. The van der Waals surface area contributed by atoms with Crippen LogP contribution in [-0.4, -0.2) is 24.4 Å². The molecule has 5 rings (SSSR count). The average Bonchev–Trinajstić information content (AvgIpc) is 3.67. The van der Waals surface area contributed by atoms with Crippen molar-refractivity contribution in [2.75, 3.05) is 19.5 Å². The maximum Gasteiger partial charge on any atom is 0.156 e. The molecule has 6 heteroatoms. The molecule has 0 aliphatic heterocycles. The third-order valence-electron chi connectivity index (χ3n) is 5.87. The summed E-state index contributed by atoms with van der Waals surface area (Å²) in [5, 5.41) is 15.6. The molecule has 0 radical (unpaired) electrons. The van der Waals surface area contributed by atoms with Gasteiger partial charge in [0.05, 0.1) is 19.9 Å². The Morgan fingerprint density at radius 1 is 0.906 bits per heavy atom. The fourth-order valence-electron chi connectivity index (χ4n) is 3.99. The van der Waals surface area contributed by atoms with Crippen LogP contribution in [0.4, 0.5) is 5.82 Å². The molecule has 4 aromatic rings. The van der Waals surface area contributed by atoms with Gasteiger partial charge in [-0.2, -0.15) is 5.10 Å². The lowest BCUT2D eigenvalue weighted by atomic mass is 10.00. The molecule has 0 amide bonds. The van der Waals surface area contributed by atoms with Crippen LogP contribution in [0.25, 0.3) is 21.9 Å². The van der Waals surface area contributed by atoms with E-state index in [0.717, 1.165) is 55.5 Å². The lowest BCUT2D eigenvalue weighted by molar-refractivity contribution is 0.391. The Morgan fingerprint density at radius 2 is 1.75 bits per heavy atom. The summed E-state index contributed by atoms with van der Waals surface area (Å²) >= 11 is 6.22. The van der Waals surface area contributed by atoms with Gasteiger partial charge in [-0.1, -0.05) is 29.8 Å². The Kier molecular flexibility index (Phi) is 5.58. The predicted octanol–water partition coefficient (Wildman–Crippen LogP) is 6.46. The summed E-state index contributed by atoms with van der Waals surface area (Å²) in [4.78, 5) is 0. The molecule has 162 valence electrons. The molecule has 0 atom stereocenters. The Bertz CT molecular complexity index is 1290. The SMILES string of the molecule is COc1ccc(CNc2nnc(C3CC3)c3cc(-c4cccc(Cl)c4)ccc23)c(OC)c1. The van der Waals surface area contributed by atoms with E-state index < -0.39 is 0 Å². The van der Waals surface area contributed by atoms with Crippen molar-refractivity contribution < 1.29 is 9.47 Å². The Balaban J connectivity index is 1.51. The molecule has 0 spiro atoms. The maximum absolute atomic E-state index is 6.22. The highest BCUT2D eigenvalue weighted by Crippen LogP contribution is 2.43. The summed E-state index contributed by atoms with van der Waals surface area (Å²) < 4.78 is 10.8. The standard InChI is InChI=1S/C26H24ClN3O2/c1-31-21-10-8-19(24(14-21)32-2)15-28-26-22-11-9-18(17-4-3-5-20(27)12-17)13-23(22)25(29-30-26)16-6-7-16/h3-5,8-14,16H,6-7,15H2,1-2H3,(H,28,30). The second-order valence-corrected chi connectivity index (χ2v) is 8.45. The number of aromatic nitrogens is 2. The third-order valence-corrected chi connectivity index (χ3v) is 6.11. The molecule has 5 nitrogen and oxygen atoms in total. The molecule has 1 aromatic heterocycles. The molecule has 0 saturated heterocycles. The fourth-order valence-corrected chi connectivity index (χ4v) is 4.18. The van der Waals surface area contributed by atoms with Crippen LogP contribution in [0.1, 0.15) is 30.0 Å². The number of hydrogen-bond donors (Lipinski definition) is 1. The molecule has 1 aliphatic carbocycles. The van der Waals surface area contributed by atoms with E-state index >= 15 is 0 Å². The number of nitrogens with zero attached hydrogens (tertiary/aromatic N) is 2. The first kappa shape index (κ1) is 20.6. The van der Waals surface area contributed by atoms with Crippen LogP contribution in [-0.2, 0) is 6.54 Å². The summed E-state index contributed by atoms with van der Waals surface area (Å²) in [6.07, 6.45) is 2.34. The summed E-state index contributed by atoms with van der Waals surface area (Å²) in [7, 11) is 3.31. The van der Waals surface area contributed by atoms with E-state index in [1.54, 1.807) is 14.2 Å². The number of methoxy groups -OCH3 is 2. The van der Waals surface area contributed by atoms with E-state index in [0.29, 0.717) is 12.5 Å². The molecule has 32 heavy (non-hydrogen) atoms. The molecule has 1 saturated carbocycles. The van der Waals surface area contributed by atoms with Gasteiger partial charge in [0.2, 0.25) is 0 Å². The molecule has 1 N–H and O–H groups in total. The second-order valence-electron chi connectivity index (χ2n) is 8.01. The largest absolute Gasteiger partial charge is 0.497 e. The van der Waals surface area contributed by atoms with Crippen molar-refractivity contribution in [3.8, 4) is 22.6 Å². The van der Waals surface area contributed by atoms with Crippen molar-refractivity contribution in [2.24, 2.45) is 0 Å². The first-order valence-electron chi connectivity index (χ1n) is 10.7. The van der Waals surface area contributed by atoms with Crippen molar-refractivity contribution >= 4 is 28.2 Å². The second kappa shape index (κ2) is 8.67. The first-order chi connectivity index (χ1) is 15.7. The van der Waals surface area contributed by atoms with Crippen LogP contribution in [0.3, 0.4) is 0 Å².